The Bertz CT molecular complexity index is 1050. The average molecular weight is 389 g/mol. The summed E-state index contributed by atoms with van der Waals surface area (Å²) in [7, 11) is 1.44. The number of halogens is 1. The highest BCUT2D eigenvalue weighted by atomic mass is 19.1. The van der Waals surface area contributed by atoms with E-state index in [-0.39, 0.29) is 23.2 Å². The molecule has 148 valence electrons. The summed E-state index contributed by atoms with van der Waals surface area (Å²) < 4.78 is 16.5. The molecule has 2 aromatic rings. The monoisotopic (exact) mass is 389 g/mol. The lowest BCUT2D eigenvalue weighted by molar-refractivity contribution is 0.0694. The molecule has 0 bridgehead atoms. The minimum atomic E-state index is -1.35. The van der Waals surface area contributed by atoms with Crippen molar-refractivity contribution in [2.75, 3.05) is 31.6 Å². The van der Waals surface area contributed by atoms with Crippen molar-refractivity contribution in [3.8, 4) is 0 Å². The van der Waals surface area contributed by atoms with Gasteiger partial charge in [0.2, 0.25) is 11.4 Å². The van der Waals surface area contributed by atoms with Gasteiger partial charge in [0.25, 0.3) is 0 Å². The van der Waals surface area contributed by atoms with E-state index in [0.717, 1.165) is 12.8 Å². The molecule has 0 aromatic carbocycles. The lowest BCUT2D eigenvalue weighted by Gasteiger charge is -2.20. The largest absolute Gasteiger partial charge is 0.477 e. The van der Waals surface area contributed by atoms with Gasteiger partial charge in [0.15, 0.2) is 0 Å². The lowest BCUT2D eigenvalue weighted by atomic mass is 10.1. The highest BCUT2D eigenvalue weighted by molar-refractivity contribution is 5.95. The summed E-state index contributed by atoms with van der Waals surface area (Å²) >= 11 is 0. The van der Waals surface area contributed by atoms with E-state index >= 15 is 0 Å². The third-order valence-electron chi connectivity index (χ3n) is 5.21. The van der Waals surface area contributed by atoms with Gasteiger partial charge < -0.3 is 25.1 Å². The third kappa shape index (κ3) is 2.99. The first-order valence-electron chi connectivity index (χ1n) is 8.98. The second-order valence-electron chi connectivity index (χ2n) is 7.06. The van der Waals surface area contributed by atoms with Gasteiger partial charge in [-0.25, -0.2) is 9.78 Å². The van der Waals surface area contributed by atoms with E-state index in [1.165, 1.54) is 13.3 Å². The molecule has 4 rings (SSSR count). The number of fused-ring (bicyclic) bond motifs is 1. The molecule has 3 N–H and O–H groups in total. The second-order valence-corrected chi connectivity index (χ2v) is 7.06. The first kappa shape index (κ1) is 18.4. The Morgan fingerprint density at radius 2 is 2.25 bits per heavy atom. The Kier molecular flexibility index (Phi) is 4.50. The minimum Gasteiger partial charge on any atom is -0.477 e. The Morgan fingerprint density at radius 3 is 2.86 bits per heavy atom. The van der Waals surface area contributed by atoms with Crippen LogP contribution in [0.15, 0.2) is 22.2 Å². The summed E-state index contributed by atoms with van der Waals surface area (Å²) in [5, 5.41) is 13.3. The normalized spacial score (nSPS) is 20.9. The molecule has 1 saturated carbocycles. The zero-order valence-electron chi connectivity index (χ0n) is 15.3. The topological polar surface area (TPSA) is 123 Å². The molecule has 2 aromatic heterocycles. The molecule has 2 fully saturated rings. The fourth-order valence-electron chi connectivity index (χ4n) is 3.63. The summed E-state index contributed by atoms with van der Waals surface area (Å²) in [5.41, 5.74) is 5.79. The van der Waals surface area contributed by atoms with Gasteiger partial charge in [-0.05, 0) is 18.9 Å². The van der Waals surface area contributed by atoms with Crippen LogP contribution in [0.4, 0.5) is 10.1 Å². The van der Waals surface area contributed by atoms with Gasteiger partial charge >= 0.3 is 5.97 Å². The molecular formula is C18H20FN5O4. The maximum absolute atomic E-state index is 14.8. The molecule has 28 heavy (non-hydrogen) atoms. The fraction of sp³-hybridized carbons (Fsp3) is 0.444. The molecule has 0 spiro atoms. The van der Waals surface area contributed by atoms with E-state index in [4.69, 9.17) is 10.6 Å². The number of aromatic nitrogens is 2. The van der Waals surface area contributed by atoms with E-state index in [1.54, 1.807) is 15.5 Å². The van der Waals surface area contributed by atoms with Gasteiger partial charge in [-0.2, -0.15) is 4.39 Å². The Morgan fingerprint density at radius 1 is 1.50 bits per heavy atom. The summed E-state index contributed by atoms with van der Waals surface area (Å²) in [6.45, 7) is 1.13. The van der Waals surface area contributed by atoms with Crippen molar-refractivity contribution < 1.29 is 19.1 Å². The number of carboxylic acid groups (broad SMARTS) is 1. The predicted octanol–water partition coefficient (Wildman–Crippen LogP) is 0.966. The molecule has 0 radical (unpaired) electrons. The maximum Gasteiger partial charge on any atom is 0.341 e. The van der Waals surface area contributed by atoms with E-state index < -0.39 is 22.9 Å². The summed E-state index contributed by atoms with van der Waals surface area (Å²) in [6, 6.07) is 1.65. The van der Waals surface area contributed by atoms with Crippen LogP contribution in [-0.2, 0) is 4.84 Å². The zero-order valence-corrected chi connectivity index (χ0v) is 15.3. The van der Waals surface area contributed by atoms with E-state index in [1.807, 2.05) is 0 Å². The van der Waals surface area contributed by atoms with Gasteiger partial charge in [-0.15, -0.1) is 0 Å². The molecular weight excluding hydrogens is 369 g/mol. The molecule has 1 aliphatic heterocycles. The molecule has 9 nitrogen and oxygen atoms in total. The smallest absolute Gasteiger partial charge is 0.341 e. The Labute approximate surface area is 159 Å². The fourth-order valence-corrected chi connectivity index (χ4v) is 3.63. The molecule has 3 heterocycles. The number of anilines is 1. The standard InChI is InChI=1S/C18H20FN5O4/c1-28-22-12-8-23(6-9(12)5-20)14-4-13-15(21-17(14)19)16(25)11(18(26)27)7-24(13)10-2-3-10/h4,7,9-10H,2-3,5-6,8,20H2,1H3,(H,26,27)/b22-12+. The highest BCUT2D eigenvalue weighted by Crippen LogP contribution is 2.38. The number of aromatic carboxylic acids is 1. The molecule has 1 atom stereocenters. The molecule has 1 saturated heterocycles. The van der Waals surface area contributed by atoms with Gasteiger partial charge in [-0.1, -0.05) is 5.16 Å². The van der Waals surface area contributed by atoms with Crippen molar-refractivity contribution in [3.63, 3.8) is 0 Å². The quantitative estimate of drug-likeness (QED) is 0.577. The van der Waals surface area contributed by atoms with Crippen LogP contribution in [0, 0.1) is 11.9 Å². The van der Waals surface area contributed by atoms with Crippen LogP contribution in [0.25, 0.3) is 11.0 Å². The van der Waals surface area contributed by atoms with Crippen molar-refractivity contribution in [2.24, 2.45) is 16.8 Å². The SMILES string of the molecule is CO/N=C1\CN(c2cc3c(nc2F)c(=O)c(C(=O)O)cn3C2CC2)CC1CN. The van der Waals surface area contributed by atoms with Crippen molar-refractivity contribution in [3.05, 3.63) is 34.0 Å². The first-order chi connectivity index (χ1) is 13.4. The number of carboxylic acids is 1. The van der Waals surface area contributed by atoms with Crippen molar-refractivity contribution >= 4 is 28.4 Å². The van der Waals surface area contributed by atoms with Gasteiger partial charge in [0.1, 0.15) is 18.2 Å². The number of carbonyl (C=O) groups is 1. The second kappa shape index (κ2) is 6.86. The van der Waals surface area contributed by atoms with Crippen LogP contribution in [-0.4, -0.2) is 53.1 Å². The van der Waals surface area contributed by atoms with Crippen molar-refractivity contribution in [2.45, 2.75) is 18.9 Å². The molecule has 10 heteroatoms. The van der Waals surface area contributed by atoms with E-state index in [2.05, 4.69) is 10.1 Å². The minimum absolute atomic E-state index is 0.0740. The number of pyridine rings is 2. The van der Waals surface area contributed by atoms with Crippen LogP contribution in [0.3, 0.4) is 0 Å². The van der Waals surface area contributed by atoms with Crippen LogP contribution < -0.4 is 16.1 Å². The van der Waals surface area contributed by atoms with Gasteiger partial charge in [0, 0.05) is 31.2 Å². The third-order valence-corrected chi connectivity index (χ3v) is 5.21. The number of hydrogen-bond donors (Lipinski definition) is 2. The van der Waals surface area contributed by atoms with Crippen LogP contribution >= 0.6 is 0 Å². The number of hydrogen-bond acceptors (Lipinski definition) is 7. The van der Waals surface area contributed by atoms with E-state index in [9.17, 15) is 19.1 Å². The van der Waals surface area contributed by atoms with E-state index in [0.29, 0.717) is 30.9 Å². The Hall–Kier alpha value is -3.01. The van der Waals surface area contributed by atoms with Crippen molar-refractivity contribution in [1.82, 2.24) is 9.55 Å². The molecule has 1 unspecified atom stereocenters. The summed E-state index contributed by atoms with van der Waals surface area (Å²) in [4.78, 5) is 34.4. The van der Waals surface area contributed by atoms with Gasteiger partial charge in [-0.3, -0.25) is 4.79 Å². The van der Waals surface area contributed by atoms with Gasteiger partial charge in [0.05, 0.1) is 23.5 Å². The summed E-state index contributed by atoms with van der Waals surface area (Å²) in [6.07, 6.45) is 3.07. The zero-order chi connectivity index (χ0) is 20.0. The highest BCUT2D eigenvalue weighted by Gasteiger charge is 2.32. The Balaban J connectivity index is 1.86. The van der Waals surface area contributed by atoms with Crippen LogP contribution in [0.2, 0.25) is 0 Å². The van der Waals surface area contributed by atoms with Crippen LogP contribution in [0.5, 0.6) is 0 Å². The maximum atomic E-state index is 14.8. The van der Waals surface area contributed by atoms with Crippen molar-refractivity contribution in [1.29, 1.82) is 0 Å². The molecule has 1 aliphatic carbocycles. The lowest BCUT2D eigenvalue weighted by Crippen LogP contribution is -2.25. The number of nitrogens with two attached hydrogens (primary N) is 1. The number of nitrogens with zero attached hydrogens (tertiary/aromatic N) is 4. The molecule has 0 amide bonds. The number of oxime groups is 1. The number of rotatable bonds is 5. The average Bonchev–Trinajstić information content (AvgIpc) is 3.42. The first-order valence-corrected chi connectivity index (χ1v) is 8.98. The van der Waals surface area contributed by atoms with Crippen LogP contribution in [0.1, 0.15) is 29.2 Å². The predicted molar refractivity (Wildman–Crippen MR) is 100 cm³/mol. The molecule has 2 aliphatic rings. The summed E-state index contributed by atoms with van der Waals surface area (Å²) in [5.74, 6) is -2.25.